The van der Waals surface area contributed by atoms with E-state index in [4.69, 9.17) is 11.6 Å². The van der Waals surface area contributed by atoms with Crippen molar-refractivity contribution in [2.75, 3.05) is 13.1 Å². The monoisotopic (exact) mass is 279 g/mol. The van der Waals surface area contributed by atoms with Crippen molar-refractivity contribution >= 4 is 17.4 Å². The lowest BCUT2D eigenvalue weighted by atomic mass is 9.85. The third-order valence-electron chi connectivity index (χ3n) is 4.31. The topological polar surface area (TPSA) is 20.3 Å². The lowest BCUT2D eigenvalue weighted by Gasteiger charge is -2.39. The lowest BCUT2D eigenvalue weighted by molar-refractivity contribution is 0.0584. The highest BCUT2D eigenvalue weighted by atomic mass is 35.5. The van der Waals surface area contributed by atoms with Crippen molar-refractivity contribution < 1.29 is 4.79 Å². The maximum atomic E-state index is 13.0. The van der Waals surface area contributed by atoms with Crippen LogP contribution in [0.2, 0.25) is 5.02 Å². The van der Waals surface area contributed by atoms with Gasteiger partial charge in [-0.05, 0) is 38.1 Å². The van der Waals surface area contributed by atoms with Gasteiger partial charge in [-0.3, -0.25) is 9.69 Å². The van der Waals surface area contributed by atoms with Crippen molar-refractivity contribution in [3.8, 4) is 0 Å². The minimum Gasteiger partial charge on any atom is -0.292 e. The van der Waals surface area contributed by atoms with E-state index in [1.54, 1.807) is 6.07 Å². The van der Waals surface area contributed by atoms with Crippen LogP contribution in [0.1, 0.15) is 49.9 Å². The first-order valence-electron chi connectivity index (χ1n) is 7.19. The number of hydrogen-bond acceptors (Lipinski definition) is 2. The predicted octanol–water partition coefficient (Wildman–Crippen LogP) is 4.18. The van der Waals surface area contributed by atoms with Crippen molar-refractivity contribution in [3.63, 3.8) is 0 Å². The number of rotatable bonds is 5. The van der Waals surface area contributed by atoms with E-state index >= 15 is 0 Å². The molecule has 0 saturated heterocycles. The Kier molecular flexibility index (Phi) is 4.64. The van der Waals surface area contributed by atoms with Crippen LogP contribution in [0.3, 0.4) is 0 Å². The molecule has 0 amide bonds. The van der Waals surface area contributed by atoms with E-state index in [0.29, 0.717) is 5.02 Å². The van der Waals surface area contributed by atoms with Crippen LogP contribution in [0.15, 0.2) is 24.3 Å². The average molecular weight is 280 g/mol. The zero-order chi connectivity index (χ0) is 13.9. The predicted molar refractivity (Wildman–Crippen MR) is 79.9 cm³/mol. The van der Waals surface area contributed by atoms with Gasteiger partial charge in [0.1, 0.15) is 0 Å². The second-order valence-corrected chi connectivity index (χ2v) is 5.69. The molecule has 2 rings (SSSR count). The third-order valence-corrected chi connectivity index (χ3v) is 4.54. The van der Waals surface area contributed by atoms with Gasteiger partial charge in [0.25, 0.3) is 0 Å². The fraction of sp³-hybridized carbons (Fsp3) is 0.562. The zero-order valence-corrected chi connectivity index (χ0v) is 12.5. The highest BCUT2D eigenvalue weighted by Gasteiger charge is 2.44. The Morgan fingerprint density at radius 3 is 2.42 bits per heavy atom. The van der Waals surface area contributed by atoms with Crippen molar-refractivity contribution in [1.29, 1.82) is 0 Å². The van der Waals surface area contributed by atoms with Crippen molar-refractivity contribution in [3.05, 3.63) is 34.9 Å². The molecule has 0 radical (unpaired) electrons. The first-order valence-corrected chi connectivity index (χ1v) is 7.57. The highest BCUT2D eigenvalue weighted by Crippen LogP contribution is 2.38. The molecule has 19 heavy (non-hydrogen) atoms. The van der Waals surface area contributed by atoms with Gasteiger partial charge in [-0.1, -0.05) is 50.4 Å². The average Bonchev–Trinajstić information content (AvgIpc) is 2.90. The summed E-state index contributed by atoms with van der Waals surface area (Å²) >= 11 is 6.02. The Balaban J connectivity index is 2.36. The highest BCUT2D eigenvalue weighted by molar-refractivity contribution is 6.31. The molecule has 1 saturated carbocycles. The fourth-order valence-corrected chi connectivity index (χ4v) is 3.56. The third kappa shape index (κ3) is 2.70. The van der Waals surface area contributed by atoms with Crippen LogP contribution < -0.4 is 0 Å². The van der Waals surface area contributed by atoms with Gasteiger partial charge in [0.15, 0.2) is 5.78 Å². The molecule has 0 bridgehead atoms. The minimum absolute atomic E-state index is 0.246. The lowest BCUT2D eigenvalue weighted by Crippen LogP contribution is -2.52. The smallest absolute Gasteiger partial charge is 0.183 e. The number of ketones is 1. The normalized spacial score (nSPS) is 17.9. The van der Waals surface area contributed by atoms with Crippen LogP contribution >= 0.6 is 11.6 Å². The van der Waals surface area contributed by atoms with E-state index in [2.05, 4.69) is 18.7 Å². The number of carbonyl (C=O) groups is 1. The molecule has 1 aliphatic rings. The summed E-state index contributed by atoms with van der Waals surface area (Å²) in [5, 5.41) is 0.638. The van der Waals surface area contributed by atoms with E-state index in [1.807, 2.05) is 18.2 Å². The van der Waals surface area contributed by atoms with Crippen molar-refractivity contribution in [2.24, 2.45) is 0 Å². The van der Waals surface area contributed by atoms with Gasteiger partial charge in [-0.15, -0.1) is 0 Å². The van der Waals surface area contributed by atoms with Crippen molar-refractivity contribution in [1.82, 2.24) is 4.90 Å². The number of benzene rings is 1. The molecule has 2 nitrogen and oxygen atoms in total. The van der Waals surface area contributed by atoms with Gasteiger partial charge >= 0.3 is 0 Å². The molecule has 1 aliphatic carbocycles. The summed E-state index contributed by atoms with van der Waals surface area (Å²) in [4.78, 5) is 15.3. The van der Waals surface area contributed by atoms with E-state index in [1.165, 1.54) is 0 Å². The molecule has 0 aromatic heterocycles. The molecule has 1 aromatic carbocycles. The molecule has 1 aromatic rings. The number of likely N-dealkylation sites (N-methyl/N-ethyl adjacent to an activating group) is 1. The number of halogens is 1. The molecular weight excluding hydrogens is 258 g/mol. The Bertz CT molecular complexity index is 448. The molecule has 104 valence electrons. The maximum absolute atomic E-state index is 13.0. The van der Waals surface area contributed by atoms with E-state index in [-0.39, 0.29) is 11.3 Å². The Labute approximate surface area is 120 Å². The van der Waals surface area contributed by atoms with Crippen molar-refractivity contribution in [2.45, 2.75) is 45.1 Å². The van der Waals surface area contributed by atoms with Gasteiger partial charge in [0.2, 0.25) is 0 Å². The fourth-order valence-electron chi connectivity index (χ4n) is 3.37. The van der Waals surface area contributed by atoms with Gasteiger partial charge in [0.05, 0.1) is 5.54 Å². The van der Waals surface area contributed by atoms with Crippen LogP contribution in [0.5, 0.6) is 0 Å². The summed E-state index contributed by atoms with van der Waals surface area (Å²) in [5.74, 6) is 0.246. The van der Waals surface area contributed by atoms with Crippen LogP contribution in [0.25, 0.3) is 0 Å². The quantitative estimate of drug-likeness (QED) is 0.754. The summed E-state index contributed by atoms with van der Waals surface area (Å²) in [6.45, 7) is 6.11. The molecule has 0 atom stereocenters. The zero-order valence-electron chi connectivity index (χ0n) is 11.8. The molecule has 0 heterocycles. The van der Waals surface area contributed by atoms with Gasteiger partial charge in [0, 0.05) is 10.6 Å². The number of hydrogen-bond donors (Lipinski definition) is 0. The van der Waals surface area contributed by atoms with Gasteiger partial charge in [-0.2, -0.15) is 0 Å². The molecule has 0 aliphatic heterocycles. The summed E-state index contributed by atoms with van der Waals surface area (Å²) in [6.07, 6.45) is 4.23. The summed E-state index contributed by atoms with van der Waals surface area (Å²) in [7, 11) is 0. The summed E-state index contributed by atoms with van der Waals surface area (Å²) < 4.78 is 0. The van der Waals surface area contributed by atoms with Crippen LogP contribution in [-0.4, -0.2) is 29.3 Å². The first kappa shape index (κ1) is 14.5. The SMILES string of the molecule is CCN(CC)C1(C(=O)c2cccc(Cl)c2)CCCC1. The maximum Gasteiger partial charge on any atom is 0.183 e. The van der Waals surface area contributed by atoms with Crippen LogP contribution in [0.4, 0.5) is 0 Å². The van der Waals surface area contributed by atoms with Gasteiger partial charge < -0.3 is 0 Å². The van der Waals surface area contributed by atoms with E-state index in [0.717, 1.165) is 44.3 Å². The molecule has 0 unspecified atom stereocenters. The minimum atomic E-state index is -0.297. The van der Waals surface area contributed by atoms with Crippen LogP contribution in [-0.2, 0) is 0 Å². The first-order chi connectivity index (χ1) is 9.14. The number of nitrogens with zero attached hydrogens (tertiary/aromatic N) is 1. The summed E-state index contributed by atoms with van der Waals surface area (Å²) in [6, 6.07) is 7.36. The van der Waals surface area contributed by atoms with E-state index in [9.17, 15) is 4.79 Å². The standard InChI is InChI=1S/C16H22ClNO/c1-3-18(4-2)16(10-5-6-11-16)15(19)13-8-7-9-14(17)12-13/h7-9,12H,3-6,10-11H2,1-2H3. The Morgan fingerprint density at radius 1 is 1.26 bits per heavy atom. The number of Topliss-reactive ketones (excluding diaryl/α,β-unsaturated/α-hetero) is 1. The van der Waals surface area contributed by atoms with Gasteiger partial charge in [-0.25, -0.2) is 0 Å². The molecule has 0 N–H and O–H groups in total. The number of carbonyl (C=O) groups excluding carboxylic acids is 1. The second kappa shape index (κ2) is 6.06. The van der Waals surface area contributed by atoms with E-state index < -0.39 is 0 Å². The second-order valence-electron chi connectivity index (χ2n) is 5.25. The van der Waals surface area contributed by atoms with Crippen LogP contribution in [0, 0.1) is 0 Å². The Hall–Kier alpha value is -0.860. The Morgan fingerprint density at radius 2 is 1.89 bits per heavy atom. The molecule has 1 fully saturated rings. The molecular formula is C16H22ClNO. The molecule has 0 spiro atoms. The summed E-state index contributed by atoms with van der Waals surface area (Å²) in [5.41, 5.74) is 0.454. The largest absolute Gasteiger partial charge is 0.292 e. The molecule has 3 heteroatoms.